The lowest BCUT2D eigenvalue weighted by atomic mass is 9.91. The summed E-state index contributed by atoms with van der Waals surface area (Å²) in [6, 6.07) is 3.07. The van der Waals surface area contributed by atoms with Crippen LogP contribution in [0.1, 0.15) is 47.5 Å². The molecule has 1 aliphatic carbocycles. The number of carbonyl (C=O) groups is 1. The van der Waals surface area contributed by atoms with E-state index >= 15 is 0 Å². The summed E-state index contributed by atoms with van der Waals surface area (Å²) in [5, 5.41) is 15.7. The molecule has 42 heavy (non-hydrogen) atoms. The standard InChI is InChI=1S/C27H29N9O6/c28-16-3-1-2-4-17(16)31-27-32-19(22(25(29)38)26-33-30-13-36(26)27)10-14-9-18(34-42-14)15-12-40-24-20(37)11-21(41-23(15)24)35-5-7-39-8-6-35/h9,11-13,16-17H,1-8,10,28H2,(H2,29,38)(H,31,32)/t16-,17+/m1/s1. The van der Waals surface area contributed by atoms with Crippen LogP contribution in [0.25, 0.3) is 28.1 Å². The summed E-state index contributed by atoms with van der Waals surface area (Å²) in [4.78, 5) is 32.0. The van der Waals surface area contributed by atoms with Crippen molar-refractivity contribution < 1.29 is 22.9 Å². The lowest BCUT2D eigenvalue weighted by Crippen LogP contribution is -2.43. The van der Waals surface area contributed by atoms with Gasteiger partial charge in [-0.2, -0.15) is 0 Å². The normalized spacial score (nSPS) is 19.5. The minimum Gasteiger partial charge on any atom is -0.456 e. The first-order chi connectivity index (χ1) is 20.5. The summed E-state index contributed by atoms with van der Waals surface area (Å²) in [7, 11) is 0. The molecule has 15 nitrogen and oxygen atoms in total. The monoisotopic (exact) mass is 575 g/mol. The summed E-state index contributed by atoms with van der Waals surface area (Å²) in [6.45, 7) is 2.29. The van der Waals surface area contributed by atoms with Crippen molar-refractivity contribution in [1.82, 2.24) is 24.7 Å². The minimum atomic E-state index is -0.700. The Kier molecular flexibility index (Phi) is 6.59. The highest BCUT2D eigenvalue weighted by Gasteiger charge is 2.27. The van der Waals surface area contributed by atoms with Gasteiger partial charge in [0.15, 0.2) is 17.1 Å². The zero-order valence-corrected chi connectivity index (χ0v) is 22.6. The number of amides is 1. The van der Waals surface area contributed by atoms with Gasteiger partial charge in [-0.15, -0.1) is 10.2 Å². The first-order valence-electron chi connectivity index (χ1n) is 13.8. The van der Waals surface area contributed by atoms with Crippen molar-refractivity contribution in [2.75, 3.05) is 36.5 Å². The highest BCUT2D eigenvalue weighted by Crippen LogP contribution is 2.32. The number of aromatic nitrogens is 5. The molecule has 0 spiro atoms. The number of morpholine rings is 1. The smallest absolute Gasteiger partial charge is 0.254 e. The molecule has 5 aromatic rings. The van der Waals surface area contributed by atoms with Gasteiger partial charge in [0.2, 0.25) is 17.0 Å². The van der Waals surface area contributed by atoms with Crippen molar-refractivity contribution in [2.45, 2.75) is 44.2 Å². The van der Waals surface area contributed by atoms with Crippen LogP contribution in [0.3, 0.4) is 0 Å². The van der Waals surface area contributed by atoms with Gasteiger partial charge in [-0.25, -0.2) is 4.98 Å². The maximum absolute atomic E-state index is 12.8. The van der Waals surface area contributed by atoms with E-state index in [1.807, 2.05) is 4.90 Å². The van der Waals surface area contributed by atoms with E-state index in [2.05, 4.69) is 20.7 Å². The molecule has 2 fully saturated rings. The molecule has 218 valence electrons. The van der Waals surface area contributed by atoms with Gasteiger partial charge in [0.05, 0.1) is 37.0 Å². The molecule has 1 aliphatic heterocycles. The zero-order chi connectivity index (χ0) is 28.8. The fourth-order valence-electron chi connectivity index (χ4n) is 5.65. The number of ether oxygens (including phenoxy) is 1. The highest BCUT2D eigenvalue weighted by atomic mass is 16.5. The molecule has 5 aromatic heterocycles. The minimum absolute atomic E-state index is 0.00684. The second kappa shape index (κ2) is 10.6. The molecule has 1 saturated carbocycles. The van der Waals surface area contributed by atoms with Crippen LogP contribution in [0.4, 0.5) is 11.8 Å². The quantitative estimate of drug-likeness (QED) is 0.253. The lowest BCUT2D eigenvalue weighted by molar-refractivity contribution is 0.1000. The predicted molar refractivity (Wildman–Crippen MR) is 149 cm³/mol. The van der Waals surface area contributed by atoms with E-state index in [0.717, 1.165) is 25.7 Å². The topological polar surface area (TPSA) is 206 Å². The molecule has 15 heteroatoms. The van der Waals surface area contributed by atoms with Crippen molar-refractivity contribution in [3.05, 3.63) is 52.0 Å². The van der Waals surface area contributed by atoms with Crippen LogP contribution >= 0.6 is 0 Å². The summed E-state index contributed by atoms with van der Waals surface area (Å²) < 4.78 is 24.3. The Hall–Kier alpha value is -4.76. The van der Waals surface area contributed by atoms with E-state index in [4.69, 9.17) is 34.5 Å². The van der Waals surface area contributed by atoms with Crippen molar-refractivity contribution in [2.24, 2.45) is 11.5 Å². The number of nitrogens with zero attached hydrogens (tertiary/aromatic N) is 6. The summed E-state index contributed by atoms with van der Waals surface area (Å²) in [5.74, 6) is 0.576. The van der Waals surface area contributed by atoms with Crippen molar-refractivity contribution >= 4 is 34.6 Å². The molecule has 2 aliphatic rings. The van der Waals surface area contributed by atoms with Gasteiger partial charge >= 0.3 is 0 Å². The van der Waals surface area contributed by atoms with Gasteiger partial charge in [0, 0.05) is 31.2 Å². The number of fused-ring (bicyclic) bond motifs is 2. The van der Waals surface area contributed by atoms with E-state index < -0.39 is 5.91 Å². The summed E-state index contributed by atoms with van der Waals surface area (Å²) in [5.41, 5.74) is 13.8. The van der Waals surface area contributed by atoms with E-state index in [1.54, 1.807) is 10.5 Å². The number of carbonyl (C=O) groups excluding carboxylic acids is 1. The molecule has 7 rings (SSSR count). The summed E-state index contributed by atoms with van der Waals surface area (Å²) in [6.07, 6.45) is 6.91. The van der Waals surface area contributed by atoms with Crippen molar-refractivity contribution in [3.63, 3.8) is 0 Å². The SMILES string of the molecule is NC(=O)c1c(Cc2cc(-c3coc4c(=O)cc(N5CCOCC5)oc34)no2)nc(N[C@H]2CCCC[C@H]2N)n2cnnc12. The molecule has 0 unspecified atom stereocenters. The fourth-order valence-corrected chi connectivity index (χ4v) is 5.65. The average molecular weight is 576 g/mol. The number of rotatable bonds is 7. The van der Waals surface area contributed by atoms with E-state index in [1.165, 1.54) is 18.7 Å². The lowest BCUT2D eigenvalue weighted by Gasteiger charge is -2.30. The van der Waals surface area contributed by atoms with Crippen molar-refractivity contribution in [1.29, 1.82) is 0 Å². The van der Waals surface area contributed by atoms with Gasteiger partial charge < -0.3 is 39.8 Å². The van der Waals surface area contributed by atoms with E-state index in [9.17, 15) is 9.59 Å². The fraction of sp³-hybridized carbons (Fsp3) is 0.407. The number of nitrogens with one attached hydrogen (secondary N) is 1. The number of furan rings is 1. The van der Waals surface area contributed by atoms with Crippen molar-refractivity contribution in [3.8, 4) is 11.3 Å². The van der Waals surface area contributed by atoms with Gasteiger partial charge in [0.25, 0.3) is 5.91 Å². The van der Waals surface area contributed by atoms with Crippen LogP contribution < -0.4 is 27.1 Å². The van der Waals surface area contributed by atoms with Crippen LogP contribution in [0.5, 0.6) is 0 Å². The van der Waals surface area contributed by atoms with Crippen LogP contribution in [0.15, 0.2) is 42.9 Å². The zero-order valence-electron chi connectivity index (χ0n) is 22.6. The maximum atomic E-state index is 12.8. The van der Waals surface area contributed by atoms with Crippen LogP contribution in [0, 0.1) is 0 Å². The highest BCUT2D eigenvalue weighted by molar-refractivity contribution is 6.00. The third kappa shape index (κ3) is 4.65. The van der Waals surface area contributed by atoms with Crippen LogP contribution in [0.2, 0.25) is 0 Å². The molecule has 2 atom stereocenters. The van der Waals surface area contributed by atoms with E-state index in [-0.39, 0.29) is 46.3 Å². The predicted octanol–water partition coefficient (Wildman–Crippen LogP) is 1.69. The number of primary amides is 1. The number of nitrogens with two attached hydrogens (primary N) is 2. The Morgan fingerprint density at radius 3 is 2.79 bits per heavy atom. The Bertz CT molecular complexity index is 1830. The Balaban J connectivity index is 1.23. The molecule has 1 amide bonds. The van der Waals surface area contributed by atoms with Gasteiger partial charge in [-0.1, -0.05) is 18.0 Å². The number of hydrogen-bond acceptors (Lipinski definition) is 13. The Labute approximate surface area is 237 Å². The molecule has 6 heterocycles. The molecule has 0 bridgehead atoms. The first-order valence-corrected chi connectivity index (χ1v) is 13.8. The average Bonchev–Trinajstić information content (AvgIpc) is 3.75. The maximum Gasteiger partial charge on any atom is 0.254 e. The molecule has 5 N–H and O–H groups in total. The van der Waals surface area contributed by atoms with Crippen LogP contribution in [-0.4, -0.2) is 69.0 Å². The van der Waals surface area contributed by atoms with E-state index in [0.29, 0.717) is 60.8 Å². The molecular formula is C27H29N9O6. The first kappa shape index (κ1) is 26.2. The molecule has 1 saturated heterocycles. The largest absolute Gasteiger partial charge is 0.456 e. The Morgan fingerprint density at radius 2 is 1.98 bits per heavy atom. The third-order valence-electron chi connectivity index (χ3n) is 7.84. The Morgan fingerprint density at radius 1 is 1.14 bits per heavy atom. The second-order valence-corrected chi connectivity index (χ2v) is 10.6. The molecule has 0 radical (unpaired) electrons. The van der Waals surface area contributed by atoms with Gasteiger partial charge in [0.1, 0.15) is 29.6 Å². The third-order valence-corrected chi connectivity index (χ3v) is 7.84. The van der Waals surface area contributed by atoms with Gasteiger partial charge in [-0.3, -0.25) is 14.0 Å². The van der Waals surface area contributed by atoms with Crippen LogP contribution in [-0.2, 0) is 11.2 Å². The summed E-state index contributed by atoms with van der Waals surface area (Å²) >= 11 is 0. The molecular weight excluding hydrogens is 546 g/mol. The second-order valence-electron chi connectivity index (χ2n) is 10.6. The molecule has 0 aromatic carbocycles. The number of anilines is 2. The number of hydrogen-bond donors (Lipinski definition) is 3. The van der Waals surface area contributed by atoms with Gasteiger partial charge in [-0.05, 0) is 12.8 Å².